The van der Waals surface area contributed by atoms with Crippen molar-refractivity contribution in [3.05, 3.63) is 23.8 Å². The Kier molecular flexibility index (Phi) is 5.58. The number of ether oxygens (including phenoxy) is 1. The van der Waals surface area contributed by atoms with Crippen LogP contribution in [0.25, 0.3) is 0 Å². The van der Waals surface area contributed by atoms with Crippen LogP contribution in [0.3, 0.4) is 0 Å². The lowest BCUT2D eigenvalue weighted by molar-refractivity contribution is 0.309. The van der Waals surface area contributed by atoms with Crippen LogP contribution < -0.4 is 10.5 Å². The Bertz CT molecular complexity index is 374. The van der Waals surface area contributed by atoms with Gasteiger partial charge in [0, 0.05) is 0 Å². The highest BCUT2D eigenvalue weighted by Crippen LogP contribution is 2.23. The van der Waals surface area contributed by atoms with Gasteiger partial charge in [0.2, 0.25) is 0 Å². The molecule has 1 aromatic rings. The van der Waals surface area contributed by atoms with E-state index in [4.69, 9.17) is 15.7 Å². The molecule has 0 spiro atoms. The standard InChI is InChI=1S/C12H16N2OS/c1-16-8-3-2-7-15-12-6-4-5-11(14)10(12)9-13/h4-6H,2-3,7-8,14H2,1H3. The first kappa shape index (κ1) is 12.7. The predicted octanol–water partition coefficient (Wildman–Crippen LogP) is 2.66. The maximum absolute atomic E-state index is 8.93. The number of rotatable bonds is 6. The molecule has 0 aliphatic rings. The van der Waals surface area contributed by atoms with Crippen LogP contribution in [0.2, 0.25) is 0 Å². The summed E-state index contributed by atoms with van der Waals surface area (Å²) >= 11 is 1.83. The van der Waals surface area contributed by atoms with E-state index in [0.29, 0.717) is 23.6 Å². The van der Waals surface area contributed by atoms with Crippen LogP contribution in [-0.2, 0) is 0 Å². The number of nitrogens with two attached hydrogens (primary N) is 1. The Hall–Kier alpha value is -1.34. The van der Waals surface area contributed by atoms with Crippen LogP contribution in [-0.4, -0.2) is 18.6 Å². The van der Waals surface area contributed by atoms with Crippen molar-refractivity contribution in [2.45, 2.75) is 12.8 Å². The molecule has 4 heteroatoms. The lowest BCUT2D eigenvalue weighted by Crippen LogP contribution is -2.01. The first-order valence-electron chi connectivity index (χ1n) is 5.20. The molecular formula is C12H16N2OS. The van der Waals surface area contributed by atoms with E-state index in [1.165, 1.54) is 0 Å². The average Bonchev–Trinajstić information content (AvgIpc) is 2.29. The minimum absolute atomic E-state index is 0.437. The predicted molar refractivity (Wildman–Crippen MR) is 68.7 cm³/mol. The van der Waals surface area contributed by atoms with Gasteiger partial charge in [0.15, 0.2) is 0 Å². The lowest BCUT2D eigenvalue weighted by Gasteiger charge is -2.08. The quantitative estimate of drug-likeness (QED) is 0.609. The fraction of sp³-hybridized carbons (Fsp3) is 0.417. The van der Waals surface area contributed by atoms with Crippen molar-refractivity contribution in [2.24, 2.45) is 0 Å². The summed E-state index contributed by atoms with van der Waals surface area (Å²) in [7, 11) is 0. The van der Waals surface area contributed by atoms with Crippen molar-refractivity contribution in [1.82, 2.24) is 0 Å². The minimum atomic E-state index is 0.437. The van der Waals surface area contributed by atoms with Crippen LogP contribution in [0.1, 0.15) is 18.4 Å². The average molecular weight is 236 g/mol. The summed E-state index contributed by atoms with van der Waals surface area (Å²) in [5.41, 5.74) is 6.59. The van der Waals surface area contributed by atoms with Gasteiger partial charge in [0.25, 0.3) is 0 Å². The third-order valence-electron chi connectivity index (χ3n) is 2.17. The molecule has 0 radical (unpaired) electrons. The Morgan fingerprint density at radius 3 is 2.94 bits per heavy atom. The van der Waals surface area contributed by atoms with Crippen LogP contribution in [0, 0.1) is 11.3 Å². The highest BCUT2D eigenvalue weighted by molar-refractivity contribution is 7.98. The third-order valence-corrected chi connectivity index (χ3v) is 2.87. The number of nitriles is 1. The Morgan fingerprint density at radius 2 is 2.25 bits per heavy atom. The van der Waals surface area contributed by atoms with Crippen molar-refractivity contribution in [2.75, 3.05) is 24.3 Å². The van der Waals surface area contributed by atoms with Gasteiger partial charge in [0.1, 0.15) is 17.4 Å². The van der Waals surface area contributed by atoms with Crippen molar-refractivity contribution < 1.29 is 4.74 Å². The largest absolute Gasteiger partial charge is 0.492 e. The molecular weight excluding hydrogens is 220 g/mol. The third kappa shape index (κ3) is 3.67. The molecule has 0 aliphatic carbocycles. The second-order valence-electron chi connectivity index (χ2n) is 3.38. The number of unbranched alkanes of at least 4 members (excludes halogenated alkanes) is 1. The summed E-state index contributed by atoms with van der Waals surface area (Å²) < 4.78 is 5.54. The summed E-state index contributed by atoms with van der Waals surface area (Å²) in [5.74, 6) is 1.73. The number of nitrogen functional groups attached to an aromatic ring is 1. The maximum Gasteiger partial charge on any atom is 0.139 e. The molecule has 3 nitrogen and oxygen atoms in total. The molecule has 0 bridgehead atoms. The Morgan fingerprint density at radius 1 is 1.44 bits per heavy atom. The Labute approximate surface area is 101 Å². The fourth-order valence-corrected chi connectivity index (χ4v) is 1.81. The zero-order valence-electron chi connectivity index (χ0n) is 9.40. The second-order valence-corrected chi connectivity index (χ2v) is 4.37. The normalized spacial score (nSPS) is 9.75. The molecule has 16 heavy (non-hydrogen) atoms. The van der Waals surface area contributed by atoms with E-state index in [1.807, 2.05) is 11.8 Å². The SMILES string of the molecule is CSCCCCOc1cccc(N)c1C#N. The van der Waals surface area contributed by atoms with Gasteiger partial charge in [-0.25, -0.2) is 0 Å². The monoisotopic (exact) mass is 236 g/mol. The first-order chi connectivity index (χ1) is 7.79. The van der Waals surface area contributed by atoms with Gasteiger partial charge < -0.3 is 10.5 Å². The molecule has 0 amide bonds. The molecule has 2 N–H and O–H groups in total. The second kappa shape index (κ2) is 7.02. The van der Waals surface area contributed by atoms with Gasteiger partial charge in [0.05, 0.1) is 12.3 Å². The molecule has 0 aliphatic heterocycles. The molecule has 0 aromatic heterocycles. The highest BCUT2D eigenvalue weighted by Gasteiger charge is 2.05. The summed E-state index contributed by atoms with van der Waals surface area (Å²) in [6.07, 6.45) is 4.22. The van der Waals surface area contributed by atoms with Gasteiger partial charge in [-0.3, -0.25) is 0 Å². The molecule has 0 unspecified atom stereocenters. The smallest absolute Gasteiger partial charge is 0.139 e. The van der Waals surface area contributed by atoms with Gasteiger partial charge in [-0.15, -0.1) is 0 Å². The highest BCUT2D eigenvalue weighted by atomic mass is 32.2. The fourth-order valence-electron chi connectivity index (χ4n) is 1.32. The lowest BCUT2D eigenvalue weighted by atomic mass is 10.2. The van der Waals surface area contributed by atoms with E-state index in [-0.39, 0.29) is 0 Å². The Balaban J connectivity index is 2.48. The number of nitrogens with zero attached hydrogens (tertiary/aromatic N) is 1. The number of hydrogen-bond donors (Lipinski definition) is 1. The number of anilines is 1. The van der Waals surface area contributed by atoms with Gasteiger partial charge in [-0.1, -0.05) is 6.07 Å². The first-order valence-corrected chi connectivity index (χ1v) is 6.59. The van der Waals surface area contributed by atoms with Crippen LogP contribution in [0.15, 0.2) is 18.2 Å². The van der Waals surface area contributed by atoms with Gasteiger partial charge >= 0.3 is 0 Å². The molecule has 86 valence electrons. The van der Waals surface area contributed by atoms with Crippen molar-refractivity contribution in [3.63, 3.8) is 0 Å². The summed E-state index contributed by atoms with van der Waals surface area (Å²) in [6, 6.07) is 7.35. The number of thioether (sulfide) groups is 1. The minimum Gasteiger partial charge on any atom is -0.492 e. The van der Waals surface area contributed by atoms with E-state index in [0.717, 1.165) is 18.6 Å². The number of hydrogen-bond acceptors (Lipinski definition) is 4. The zero-order chi connectivity index (χ0) is 11.8. The van der Waals surface area contributed by atoms with E-state index < -0.39 is 0 Å². The van der Waals surface area contributed by atoms with Crippen LogP contribution in [0.4, 0.5) is 5.69 Å². The molecule has 1 aromatic carbocycles. The van der Waals surface area contributed by atoms with Gasteiger partial charge in [-0.2, -0.15) is 17.0 Å². The van der Waals surface area contributed by atoms with E-state index >= 15 is 0 Å². The van der Waals surface area contributed by atoms with Crippen molar-refractivity contribution >= 4 is 17.4 Å². The molecule has 0 saturated heterocycles. The van der Waals surface area contributed by atoms with Crippen LogP contribution >= 0.6 is 11.8 Å². The molecule has 1 rings (SSSR count). The topological polar surface area (TPSA) is 59.0 Å². The summed E-state index contributed by atoms with van der Waals surface area (Å²) in [6.45, 7) is 0.638. The van der Waals surface area contributed by atoms with Crippen LogP contribution in [0.5, 0.6) is 5.75 Å². The molecule has 0 saturated carbocycles. The van der Waals surface area contributed by atoms with E-state index in [2.05, 4.69) is 12.3 Å². The van der Waals surface area contributed by atoms with Gasteiger partial charge in [-0.05, 0) is 37.0 Å². The summed E-state index contributed by atoms with van der Waals surface area (Å²) in [4.78, 5) is 0. The molecule has 0 atom stereocenters. The molecule has 0 fully saturated rings. The number of benzene rings is 1. The summed E-state index contributed by atoms with van der Waals surface area (Å²) in [5, 5.41) is 8.93. The maximum atomic E-state index is 8.93. The van der Waals surface area contributed by atoms with Crippen molar-refractivity contribution in [3.8, 4) is 11.8 Å². The van der Waals surface area contributed by atoms with Crippen molar-refractivity contribution in [1.29, 1.82) is 5.26 Å². The zero-order valence-corrected chi connectivity index (χ0v) is 10.2. The van der Waals surface area contributed by atoms with E-state index in [9.17, 15) is 0 Å². The van der Waals surface area contributed by atoms with E-state index in [1.54, 1.807) is 18.2 Å². The molecule has 0 heterocycles.